The van der Waals surface area contributed by atoms with Crippen molar-refractivity contribution in [2.24, 2.45) is 0 Å². The van der Waals surface area contributed by atoms with Crippen molar-refractivity contribution in [3.63, 3.8) is 0 Å². The number of benzene rings is 2. The van der Waals surface area contributed by atoms with Crippen LogP contribution in [-0.2, 0) is 10.0 Å². The minimum atomic E-state index is -3.95. The number of hydrogen-bond donors (Lipinski definition) is 2. The largest absolute Gasteiger partial charge is 0.296 e. The molecule has 1 aromatic heterocycles. The van der Waals surface area contributed by atoms with Gasteiger partial charge < -0.3 is 0 Å². The Labute approximate surface area is 165 Å². The van der Waals surface area contributed by atoms with Gasteiger partial charge in [0, 0.05) is 11.6 Å². The van der Waals surface area contributed by atoms with Crippen LogP contribution in [0, 0.1) is 12.7 Å². The van der Waals surface area contributed by atoms with Gasteiger partial charge >= 0.3 is 0 Å². The van der Waals surface area contributed by atoms with E-state index in [2.05, 4.69) is 20.2 Å². The molecule has 0 spiro atoms. The standard InChI is InChI=1S/C18H17FN4O3S2/c1-11-3-5-14(6-4-11)16(24)20-17-21-22-18(27-17)28(25,26)23-12(2)13-7-9-15(19)10-8-13/h3-10,12,23H,1-2H3,(H,20,21,24)/t12-/m0/s1. The van der Waals surface area contributed by atoms with Gasteiger partial charge in [-0.25, -0.2) is 17.5 Å². The van der Waals surface area contributed by atoms with Gasteiger partial charge in [0.15, 0.2) is 0 Å². The Kier molecular flexibility index (Phi) is 5.82. The number of sulfonamides is 1. The molecule has 0 saturated heterocycles. The van der Waals surface area contributed by atoms with E-state index in [1.54, 1.807) is 31.2 Å². The first-order valence-corrected chi connectivity index (χ1v) is 10.5. The third-order valence-electron chi connectivity index (χ3n) is 3.87. The smallest absolute Gasteiger partial charge is 0.270 e. The molecule has 146 valence electrons. The third kappa shape index (κ3) is 4.77. The number of aryl methyl sites for hydroxylation is 1. The predicted molar refractivity (Wildman–Crippen MR) is 104 cm³/mol. The van der Waals surface area contributed by atoms with Crippen molar-refractivity contribution in [3.05, 3.63) is 71.0 Å². The van der Waals surface area contributed by atoms with E-state index in [0.29, 0.717) is 11.1 Å². The third-order valence-corrected chi connectivity index (χ3v) is 6.62. The second-order valence-electron chi connectivity index (χ2n) is 6.09. The number of nitrogens with zero attached hydrogens (tertiary/aromatic N) is 2. The maximum atomic E-state index is 13.0. The monoisotopic (exact) mass is 420 g/mol. The number of nitrogens with one attached hydrogen (secondary N) is 2. The normalized spacial score (nSPS) is 12.5. The topological polar surface area (TPSA) is 101 Å². The van der Waals surface area contributed by atoms with Crippen LogP contribution in [0.2, 0.25) is 0 Å². The highest BCUT2D eigenvalue weighted by molar-refractivity contribution is 7.91. The summed E-state index contributed by atoms with van der Waals surface area (Å²) in [6.07, 6.45) is 0. The molecule has 0 fully saturated rings. The van der Waals surface area contributed by atoms with Gasteiger partial charge in [-0.1, -0.05) is 41.2 Å². The summed E-state index contributed by atoms with van der Waals surface area (Å²) in [7, 11) is -3.95. The van der Waals surface area contributed by atoms with Crippen LogP contribution in [-0.4, -0.2) is 24.5 Å². The van der Waals surface area contributed by atoms with Crippen LogP contribution in [0.4, 0.5) is 9.52 Å². The summed E-state index contributed by atoms with van der Waals surface area (Å²) in [5.74, 6) is -0.815. The van der Waals surface area contributed by atoms with E-state index in [4.69, 9.17) is 0 Å². The summed E-state index contributed by atoms with van der Waals surface area (Å²) in [5.41, 5.74) is 2.04. The van der Waals surface area contributed by atoms with Crippen LogP contribution in [0.3, 0.4) is 0 Å². The van der Waals surface area contributed by atoms with Crippen molar-refractivity contribution in [3.8, 4) is 0 Å². The lowest BCUT2D eigenvalue weighted by atomic mass is 10.1. The molecule has 2 aromatic carbocycles. The quantitative estimate of drug-likeness (QED) is 0.596. The zero-order valence-corrected chi connectivity index (χ0v) is 16.6. The van der Waals surface area contributed by atoms with E-state index in [0.717, 1.165) is 16.9 Å². The first-order chi connectivity index (χ1) is 13.2. The molecular formula is C18H17FN4O3S2. The predicted octanol–water partition coefficient (Wildman–Crippen LogP) is 3.28. The number of halogens is 1. The molecule has 0 aliphatic carbocycles. The molecule has 0 saturated carbocycles. The number of amides is 1. The minimum absolute atomic E-state index is 0.0698. The van der Waals surface area contributed by atoms with E-state index in [1.165, 1.54) is 24.3 Å². The van der Waals surface area contributed by atoms with Crippen LogP contribution in [0.5, 0.6) is 0 Å². The van der Waals surface area contributed by atoms with Crippen LogP contribution < -0.4 is 10.0 Å². The Hall–Kier alpha value is -2.69. The Morgan fingerprint density at radius 2 is 1.71 bits per heavy atom. The SMILES string of the molecule is Cc1ccc(C(=O)Nc2nnc(S(=O)(=O)N[C@@H](C)c3ccc(F)cc3)s2)cc1. The molecule has 0 bridgehead atoms. The zero-order valence-electron chi connectivity index (χ0n) is 15.0. The van der Waals surface area contributed by atoms with Crippen molar-refractivity contribution >= 4 is 32.4 Å². The average Bonchev–Trinajstić information content (AvgIpc) is 3.12. The van der Waals surface area contributed by atoms with Gasteiger partial charge in [-0.2, -0.15) is 0 Å². The summed E-state index contributed by atoms with van der Waals surface area (Å²) >= 11 is 0.741. The lowest BCUT2D eigenvalue weighted by molar-refractivity contribution is 0.102. The number of rotatable bonds is 6. The van der Waals surface area contributed by atoms with Gasteiger partial charge in [0.25, 0.3) is 15.9 Å². The van der Waals surface area contributed by atoms with Crippen LogP contribution in [0.25, 0.3) is 0 Å². The number of aromatic nitrogens is 2. The van der Waals surface area contributed by atoms with Gasteiger partial charge in [-0.05, 0) is 43.7 Å². The Balaban J connectivity index is 1.70. The van der Waals surface area contributed by atoms with Crippen molar-refractivity contribution in [1.29, 1.82) is 0 Å². The molecule has 0 radical (unpaired) electrons. The molecular weight excluding hydrogens is 403 g/mol. The fourth-order valence-corrected chi connectivity index (χ4v) is 4.49. The van der Waals surface area contributed by atoms with Gasteiger partial charge in [-0.15, -0.1) is 10.2 Å². The van der Waals surface area contributed by atoms with Gasteiger partial charge in [0.1, 0.15) is 5.82 Å². The van der Waals surface area contributed by atoms with Crippen molar-refractivity contribution in [2.75, 3.05) is 5.32 Å². The summed E-state index contributed by atoms with van der Waals surface area (Å²) in [6, 6.07) is 11.8. The van der Waals surface area contributed by atoms with Crippen LogP contribution >= 0.6 is 11.3 Å². The first kappa shape index (κ1) is 20.1. The summed E-state index contributed by atoms with van der Waals surface area (Å²) in [4.78, 5) is 12.2. The number of anilines is 1. The molecule has 0 aliphatic heterocycles. The lowest BCUT2D eigenvalue weighted by Gasteiger charge is -2.12. The van der Waals surface area contributed by atoms with Gasteiger partial charge in [0.05, 0.1) is 0 Å². The van der Waals surface area contributed by atoms with Crippen LogP contribution in [0.1, 0.15) is 34.5 Å². The molecule has 2 N–H and O–H groups in total. The Bertz CT molecular complexity index is 1080. The Morgan fingerprint density at radius 1 is 1.07 bits per heavy atom. The molecule has 28 heavy (non-hydrogen) atoms. The van der Waals surface area contributed by atoms with E-state index in [1.807, 2.05) is 6.92 Å². The van der Waals surface area contributed by atoms with Crippen molar-refractivity contribution in [1.82, 2.24) is 14.9 Å². The van der Waals surface area contributed by atoms with Gasteiger partial charge in [-0.3, -0.25) is 10.1 Å². The molecule has 1 amide bonds. The molecule has 3 rings (SSSR count). The maximum Gasteiger partial charge on any atom is 0.270 e. The molecule has 7 nitrogen and oxygen atoms in total. The second kappa shape index (κ2) is 8.13. The van der Waals surface area contributed by atoms with Crippen molar-refractivity contribution < 1.29 is 17.6 Å². The fourth-order valence-electron chi connectivity index (χ4n) is 2.35. The van der Waals surface area contributed by atoms with Gasteiger partial charge in [0.2, 0.25) is 9.47 Å². The molecule has 0 aliphatic rings. The first-order valence-electron chi connectivity index (χ1n) is 8.24. The summed E-state index contributed by atoms with van der Waals surface area (Å²) in [6.45, 7) is 3.54. The summed E-state index contributed by atoms with van der Waals surface area (Å²) < 4.78 is 40.2. The molecule has 1 heterocycles. The number of hydrogen-bond acceptors (Lipinski definition) is 6. The van der Waals surface area contributed by atoms with E-state index in [9.17, 15) is 17.6 Å². The highest BCUT2D eigenvalue weighted by atomic mass is 32.2. The van der Waals surface area contributed by atoms with Crippen molar-refractivity contribution in [2.45, 2.75) is 24.2 Å². The van der Waals surface area contributed by atoms with E-state index in [-0.39, 0.29) is 9.47 Å². The summed E-state index contributed by atoms with van der Waals surface area (Å²) in [5, 5.41) is 9.98. The minimum Gasteiger partial charge on any atom is -0.296 e. The average molecular weight is 420 g/mol. The lowest BCUT2D eigenvalue weighted by Crippen LogP contribution is -2.26. The zero-order chi connectivity index (χ0) is 20.3. The molecule has 1 atom stereocenters. The number of carbonyl (C=O) groups is 1. The number of carbonyl (C=O) groups excluding carboxylic acids is 1. The van der Waals surface area contributed by atoms with E-state index < -0.39 is 27.8 Å². The fraction of sp³-hybridized carbons (Fsp3) is 0.167. The van der Waals surface area contributed by atoms with E-state index >= 15 is 0 Å². The Morgan fingerprint density at radius 3 is 2.36 bits per heavy atom. The maximum absolute atomic E-state index is 13.0. The second-order valence-corrected chi connectivity index (χ2v) is 8.95. The molecule has 3 aromatic rings. The van der Waals surface area contributed by atoms with Crippen LogP contribution in [0.15, 0.2) is 52.9 Å². The highest BCUT2D eigenvalue weighted by Crippen LogP contribution is 2.23. The molecule has 0 unspecified atom stereocenters. The molecule has 10 heteroatoms. The highest BCUT2D eigenvalue weighted by Gasteiger charge is 2.24.